The Morgan fingerprint density at radius 2 is 1.95 bits per heavy atom. The van der Waals surface area contributed by atoms with Crippen molar-refractivity contribution in [1.29, 1.82) is 0 Å². The van der Waals surface area contributed by atoms with Crippen LogP contribution in [-0.4, -0.2) is 18.9 Å². The van der Waals surface area contributed by atoms with Gasteiger partial charge in [0.25, 0.3) is 0 Å². The molecule has 1 aromatic carbocycles. The van der Waals surface area contributed by atoms with Crippen LogP contribution in [0.25, 0.3) is 0 Å². The minimum absolute atomic E-state index is 0.00555. The van der Waals surface area contributed by atoms with Crippen molar-refractivity contribution in [3.8, 4) is 11.5 Å². The van der Waals surface area contributed by atoms with E-state index in [1.165, 1.54) is 0 Å². The Labute approximate surface area is 114 Å². The van der Waals surface area contributed by atoms with E-state index in [0.29, 0.717) is 13.4 Å². The van der Waals surface area contributed by atoms with E-state index in [1.54, 1.807) is 0 Å². The number of hydrogen-bond acceptors (Lipinski definition) is 4. The summed E-state index contributed by atoms with van der Waals surface area (Å²) >= 11 is 0. The van der Waals surface area contributed by atoms with Gasteiger partial charge in [0.1, 0.15) is 0 Å². The number of nitrogens with two attached hydrogens (primary N) is 1. The number of rotatable bonds is 4. The van der Waals surface area contributed by atoms with E-state index in [4.69, 9.17) is 19.9 Å². The lowest BCUT2D eigenvalue weighted by molar-refractivity contribution is -0.0400. The van der Waals surface area contributed by atoms with Crippen LogP contribution in [0.2, 0.25) is 0 Å². The predicted molar refractivity (Wildman–Crippen MR) is 74.2 cm³/mol. The first kappa shape index (κ1) is 14.2. The Balaban J connectivity index is 2.01. The van der Waals surface area contributed by atoms with Gasteiger partial charge in [-0.15, -0.1) is 0 Å². The summed E-state index contributed by atoms with van der Waals surface area (Å²) in [4.78, 5) is 0. The Bertz CT molecular complexity index is 438. The fourth-order valence-electron chi connectivity index (χ4n) is 2.41. The summed E-state index contributed by atoms with van der Waals surface area (Å²) in [5.74, 6) is 1.58. The highest BCUT2D eigenvalue weighted by Gasteiger charge is 2.28. The van der Waals surface area contributed by atoms with E-state index in [2.05, 4.69) is 20.8 Å². The maximum absolute atomic E-state index is 6.01. The first-order chi connectivity index (χ1) is 8.88. The summed E-state index contributed by atoms with van der Waals surface area (Å²) < 4.78 is 16.6. The molecule has 0 aliphatic carbocycles. The fourth-order valence-corrected chi connectivity index (χ4v) is 2.41. The third-order valence-electron chi connectivity index (χ3n) is 3.20. The summed E-state index contributed by atoms with van der Waals surface area (Å²) in [7, 11) is 0. The monoisotopic (exact) mass is 265 g/mol. The third kappa shape index (κ3) is 3.39. The highest BCUT2D eigenvalue weighted by atomic mass is 16.7. The molecule has 1 aliphatic rings. The van der Waals surface area contributed by atoms with Gasteiger partial charge in [0.15, 0.2) is 11.5 Å². The van der Waals surface area contributed by atoms with Crippen molar-refractivity contribution in [2.75, 3.05) is 6.79 Å². The third-order valence-corrected chi connectivity index (χ3v) is 3.20. The average molecular weight is 265 g/mol. The molecule has 0 saturated heterocycles. The summed E-state index contributed by atoms with van der Waals surface area (Å²) in [6.07, 6.45) is 0.0120. The van der Waals surface area contributed by atoms with Gasteiger partial charge in [0.2, 0.25) is 6.79 Å². The largest absolute Gasteiger partial charge is 0.454 e. The molecule has 2 rings (SSSR count). The second-order valence-electron chi connectivity index (χ2n) is 6.14. The Morgan fingerprint density at radius 1 is 1.26 bits per heavy atom. The molecule has 0 spiro atoms. The number of fused-ring (bicyclic) bond motifs is 1. The Kier molecular flexibility index (Phi) is 4.02. The standard InChI is InChI=1S/C15H23NO3/c1-10(16)14(15(2,3)4)17-8-11-5-6-12-13(7-11)19-9-18-12/h5-7,10,14H,8-9,16H2,1-4H3. The number of benzene rings is 1. The Morgan fingerprint density at radius 3 is 2.58 bits per heavy atom. The fraction of sp³-hybridized carbons (Fsp3) is 0.600. The van der Waals surface area contributed by atoms with Crippen molar-refractivity contribution >= 4 is 0 Å². The molecule has 1 aromatic rings. The molecule has 2 atom stereocenters. The number of ether oxygens (including phenoxy) is 3. The van der Waals surface area contributed by atoms with Gasteiger partial charge in [-0.2, -0.15) is 0 Å². The maximum Gasteiger partial charge on any atom is 0.231 e. The normalized spacial score (nSPS) is 17.3. The second kappa shape index (κ2) is 5.39. The molecule has 0 bridgehead atoms. The molecule has 0 aromatic heterocycles. The maximum atomic E-state index is 6.01. The first-order valence-corrected chi connectivity index (χ1v) is 6.63. The van der Waals surface area contributed by atoms with E-state index >= 15 is 0 Å². The highest BCUT2D eigenvalue weighted by Crippen LogP contribution is 2.33. The highest BCUT2D eigenvalue weighted by molar-refractivity contribution is 5.44. The molecule has 19 heavy (non-hydrogen) atoms. The summed E-state index contributed by atoms with van der Waals surface area (Å²) in [5, 5.41) is 0. The van der Waals surface area contributed by atoms with Crippen LogP contribution in [-0.2, 0) is 11.3 Å². The molecule has 0 radical (unpaired) electrons. The summed E-state index contributed by atoms with van der Waals surface area (Å²) in [6.45, 7) is 9.22. The molecule has 4 heteroatoms. The van der Waals surface area contributed by atoms with E-state index in [9.17, 15) is 0 Å². The van der Waals surface area contributed by atoms with Gasteiger partial charge in [0.05, 0.1) is 12.7 Å². The topological polar surface area (TPSA) is 53.7 Å². The van der Waals surface area contributed by atoms with Crippen molar-refractivity contribution in [2.45, 2.75) is 46.4 Å². The molecule has 0 fully saturated rings. The number of hydrogen-bond donors (Lipinski definition) is 1. The van der Waals surface area contributed by atoms with Crippen molar-refractivity contribution in [2.24, 2.45) is 11.1 Å². The SMILES string of the molecule is CC(N)C(OCc1ccc2c(c1)OCO2)C(C)(C)C. The van der Waals surface area contributed by atoms with Crippen LogP contribution in [0.3, 0.4) is 0 Å². The van der Waals surface area contributed by atoms with Crippen molar-refractivity contribution in [3.05, 3.63) is 23.8 Å². The molecular weight excluding hydrogens is 242 g/mol. The molecule has 106 valence electrons. The average Bonchev–Trinajstić information content (AvgIpc) is 2.73. The van der Waals surface area contributed by atoms with Gasteiger partial charge < -0.3 is 19.9 Å². The summed E-state index contributed by atoms with van der Waals surface area (Å²) in [5.41, 5.74) is 7.09. The second-order valence-corrected chi connectivity index (χ2v) is 6.14. The molecule has 2 unspecified atom stereocenters. The van der Waals surface area contributed by atoms with Gasteiger partial charge in [-0.3, -0.25) is 0 Å². The zero-order chi connectivity index (χ0) is 14.0. The van der Waals surface area contributed by atoms with E-state index in [-0.39, 0.29) is 17.6 Å². The lowest BCUT2D eigenvalue weighted by Gasteiger charge is -2.33. The smallest absolute Gasteiger partial charge is 0.231 e. The van der Waals surface area contributed by atoms with Crippen LogP contribution in [0, 0.1) is 5.41 Å². The van der Waals surface area contributed by atoms with Gasteiger partial charge in [-0.1, -0.05) is 26.8 Å². The van der Waals surface area contributed by atoms with Crippen molar-refractivity contribution in [3.63, 3.8) is 0 Å². The zero-order valence-corrected chi connectivity index (χ0v) is 12.1. The van der Waals surface area contributed by atoms with Crippen molar-refractivity contribution < 1.29 is 14.2 Å². The molecule has 0 amide bonds. The summed E-state index contributed by atoms with van der Waals surface area (Å²) in [6, 6.07) is 5.87. The molecule has 0 saturated carbocycles. The van der Waals surface area contributed by atoms with E-state index in [1.807, 2.05) is 25.1 Å². The minimum Gasteiger partial charge on any atom is -0.454 e. The van der Waals surface area contributed by atoms with Crippen molar-refractivity contribution in [1.82, 2.24) is 0 Å². The lowest BCUT2D eigenvalue weighted by atomic mass is 9.85. The first-order valence-electron chi connectivity index (χ1n) is 6.63. The Hall–Kier alpha value is -1.26. The van der Waals surface area contributed by atoms with Crippen LogP contribution in [0.5, 0.6) is 11.5 Å². The van der Waals surface area contributed by atoms with Crippen LogP contribution >= 0.6 is 0 Å². The van der Waals surface area contributed by atoms with Crippen LogP contribution < -0.4 is 15.2 Å². The quantitative estimate of drug-likeness (QED) is 0.909. The van der Waals surface area contributed by atoms with Gasteiger partial charge in [-0.25, -0.2) is 0 Å². The molecule has 2 N–H and O–H groups in total. The zero-order valence-electron chi connectivity index (χ0n) is 12.1. The van der Waals surface area contributed by atoms with Crippen LogP contribution in [0.1, 0.15) is 33.3 Å². The van der Waals surface area contributed by atoms with Gasteiger partial charge in [-0.05, 0) is 30.0 Å². The van der Waals surface area contributed by atoms with Crippen LogP contribution in [0.15, 0.2) is 18.2 Å². The minimum atomic E-state index is -0.00555. The molecular formula is C15H23NO3. The van der Waals surface area contributed by atoms with Gasteiger partial charge >= 0.3 is 0 Å². The predicted octanol–water partition coefficient (Wildman–Crippen LogP) is 2.69. The van der Waals surface area contributed by atoms with Gasteiger partial charge in [0, 0.05) is 6.04 Å². The van der Waals surface area contributed by atoms with E-state index in [0.717, 1.165) is 17.1 Å². The molecule has 1 aliphatic heterocycles. The lowest BCUT2D eigenvalue weighted by Crippen LogP contribution is -2.43. The van der Waals surface area contributed by atoms with E-state index < -0.39 is 0 Å². The molecule has 4 nitrogen and oxygen atoms in total. The molecule has 1 heterocycles. The van der Waals surface area contributed by atoms with Crippen LogP contribution in [0.4, 0.5) is 0 Å².